The first-order chi connectivity index (χ1) is 22.8. The van der Waals surface area contributed by atoms with Gasteiger partial charge in [-0.2, -0.15) is 0 Å². The fraction of sp³-hybridized carbons (Fsp3) is 0.0500. The standard InChI is InChI=1S/C40H28N6/c1-3-11-31-29(9-1)39-43-33-13-5-7-15-35(33)45(39)37(41-31)27-21-17-25(18-22-27)26-19-23-28(24-20-26)38-42-32-12-4-2-10-30(32)40-44-34-14-6-8-16-36(34)46(38)40/h1-24,37,40-41,44H. The van der Waals surface area contributed by atoms with Crippen LogP contribution in [0.2, 0.25) is 0 Å². The fourth-order valence-electron chi connectivity index (χ4n) is 7.22. The zero-order valence-corrected chi connectivity index (χ0v) is 24.8. The molecule has 2 unspecified atom stereocenters. The number of para-hydroxylation sites is 6. The summed E-state index contributed by atoms with van der Waals surface area (Å²) in [7, 11) is 0. The number of hydrogen-bond donors (Lipinski definition) is 2. The molecule has 0 aliphatic carbocycles. The lowest BCUT2D eigenvalue weighted by Crippen LogP contribution is -2.37. The highest BCUT2D eigenvalue weighted by Crippen LogP contribution is 2.47. The third kappa shape index (κ3) is 3.70. The van der Waals surface area contributed by atoms with Crippen LogP contribution in [0, 0.1) is 0 Å². The van der Waals surface area contributed by atoms with E-state index < -0.39 is 0 Å². The molecule has 0 spiro atoms. The average Bonchev–Trinajstić information content (AvgIpc) is 3.71. The molecule has 2 atom stereocenters. The second-order valence-electron chi connectivity index (χ2n) is 12.0. The molecule has 2 N–H and O–H groups in total. The summed E-state index contributed by atoms with van der Waals surface area (Å²) < 4.78 is 2.32. The van der Waals surface area contributed by atoms with E-state index in [1.54, 1.807) is 0 Å². The highest BCUT2D eigenvalue weighted by Gasteiger charge is 2.37. The molecule has 7 aromatic rings. The summed E-state index contributed by atoms with van der Waals surface area (Å²) in [5, 5.41) is 7.50. The van der Waals surface area contributed by atoms with Gasteiger partial charge < -0.3 is 10.6 Å². The van der Waals surface area contributed by atoms with Crippen LogP contribution in [0.25, 0.3) is 33.5 Å². The zero-order valence-electron chi connectivity index (χ0n) is 24.8. The Morgan fingerprint density at radius 2 is 1.20 bits per heavy atom. The monoisotopic (exact) mass is 592 g/mol. The first kappa shape index (κ1) is 25.2. The number of imidazole rings is 1. The van der Waals surface area contributed by atoms with Gasteiger partial charge in [0, 0.05) is 22.4 Å². The van der Waals surface area contributed by atoms with E-state index in [4.69, 9.17) is 9.98 Å². The van der Waals surface area contributed by atoms with Gasteiger partial charge in [-0.15, -0.1) is 0 Å². The fourth-order valence-corrected chi connectivity index (χ4v) is 7.22. The molecule has 4 heterocycles. The summed E-state index contributed by atoms with van der Waals surface area (Å²) in [5.41, 5.74) is 13.4. The maximum Gasteiger partial charge on any atom is 0.145 e. The van der Waals surface area contributed by atoms with Crippen molar-refractivity contribution >= 4 is 39.6 Å². The van der Waals surface area contributed by atoms with E-state index in [1.165, 1.54) is 22.3 Å². The lowest BCUT2D eigenvalue weighted by molar-refractivity contribution is 0.669. The van der Waals surface area contributed by atoms with Gasteiger partial charge in [0.2, 0.25) is 0 Å². The number of anilines is 3. The molecule has 6 aromatic carbocycles. The zero-order chi connectivity index (χ0) is 30.2. The van der Waals surface area contributed by atoms with E-state index in [2.05, 4.69) is 166 Å². The first-order valence-electron chi connectivity index (χ1n) is 15.7. The number of nitrogens with one attached hydrogen (secondary N) is 2. The minimum Gasteiger partial charge on any atom is -0.361 e. The molecular weight excluding hydrogens is 564 g/mol. The maximum atomic E-state index is 5.16. The molecule has 1 aromatic heterocycles. The van der Waals surface area contributed by atoms with Crippen molar-refractivity contribution in [2.45, 2.75) is 12.3 Å². The van der Waals surface area contributed by atoms with Crippen LogP contribution < -0.4 is 15.5 Å². The van der Waals surface area contributed by atoms with Crippen molar-refractivity contribution in [3.63, 3.8) is 0 Å². The van der Waals surface area contributed by atoms with Crippen LogP contribution in [0.5, 0.6) is 0 Å². The number of aromatic nitrogens is 2. The predicted octanol–water partition coefficient (Wildman–Crippen LogP) is 9.37. The number of aliphatic imine (C=N–C) groups is 1. The van der Waals surface area contributed by atoms with Crippen molar-refractivity contribution in [2.24, 2.45) is 4.99 Å². The molecule has 0 fully saturated rings. The molecule has 10 rings (SSSR count). The molecule has 46 heavy (non-hydrogen) atoms. The van der Waals surface area contributed by atoms with Crippen molar-refractivity contribution in [3.8, 4) is 22.5 Å². The van der Waals surface area contributed by atoms with Gasteiger partial charge in [0.25, 0.3) is 0 Å². The van der Waals surface area contributed by atoms with E-state index in [-0.39, 0.29) is 12.3 Å². The normalized spacial score (nSPS) is 17.1. The minimum absolute atomic E-state index is 0.0156. The van der Waals surface area contributed by atoms with Gasteiger partial charge in [-0.25, -0.2) is 9.98 Å². The van der Waals surface area contributed by atoms with Gasteiger partial charge in [-0.05, 0) is 59.2 Å². The largest absolute Gasteiger partial charge is 0.361 e. The number of nitrogens with zero attached hydrogens (tertiary/aromatic N) is 4. The van der Waals surface area contributed by atoms with Gasteiger partial charge in [0.15, 0.2) is 0 Å². The molecule has 3 aliphatic rings. The summed E-state index contributed by atoms with van der Waals surface area (Å²) in [5.74, 6) is 1.95. The van der Waals surface area contributed by atoms with Crippen molar-refractivity contribution in [2.75, 3.05) is 15.5 Å². The summed E-state index contributed by atoms with van der Waals surface area (Å²) in [6.07, 6.45) is -0.0485. The van der Waals surface area contributed by atoms with E-state index in [1.807, 2.05) is 0 Å². The molecule has 0 amide bonds. The topological polar surface area (TPSA) is 57.5 Å². The lowest BCUT2D eigenvalue weighted by atomic mass is 9.99. The Labute approximate surface area is 266 Å². The van der Waals surface area contributed by atoms with Crippen LogP contribution in [0.15, 0.2) is 151 Å². The highest BCUT2D eigenvalue weighted by atomic mass is 15.4. The molecule has 0 bridgehead atoms. The van der Waals surface area contributed by atoms with Crippen LogP contribution in [0.3, 0.4) is 0 Å². The van der Waals surface area contributed by atoms with Crippen LogP contribution in [-0.4, -0.2) is 15.4 Å². The average molecular weight is 593 g/mol. The Bertz CT molecular complexity index is 2330. The quantitative estimate of drug-likeness (QED) is 0.215. The Hall–Kier alpha value is -6.14. The van der Waals surface area contributed by atoms with Crippen molar-refractivity contribution in [1.29, 1.82) is 0 Å². The molecule has 0 saturated carbocycles. The summed E-state index contributed by atoms with van der Waals surface area (Å²) in [4.78, 5) is 12.5. The summed E-state index contributed by atoms with van der Waals surface area (Å²) in [6, 6.07) is 51.3. The minimum atomic E-state index is -0.0641. The lowest BCUT2D eigenvalue weighted by Gasteiger charge is -2.33. The van der Waals surface area contributed by atoms with Crippen LogP contribution >= 0.6 is 0 Å². The van der Waals surface area contributed by atoms with E-state index in [9.17, 15) is 0 Å². The molecule has 6 heteroatoms. The number of rotatable bonds is 3. The van der Waals surface area contributed by atoms with Gasteiger partial charge >= 0.3 is 0 Å². The van der Waals surface area contributed by atoms with Crippen molar-refractivity contribution in [3.05, 3.63) is 162 Å². The molecule has 218 valence electrons. The Kier molecular flexibility index (Phi) is 5.31. The summed E-state index contributed by atoms with van der Waals surface area (Å²) in [6.45, 7) is 0. The Balaban J connectivity index is 0.993. The first-order valence-corrected chi connectivity index (χ1v) is 15.7. The number of amidine groups is 1. The Morgan fingerprint density at radius 3 is 2.07 bits per heavy atom. The second-order valence-corrected chi connectivity index (χ2v) is 12.0. The van der Waals surface area contributed by atoms with Crippen LogP contribution in [0.4, 0.5) is 22.7 Å². The smallest absolute Gasteiger partial charge is 0.145 e. The van der Waals surface area contributed by atoms with Crippen molar-refractivity contribution in [1.82, 2.24) is 9.55 Å². The summed E-state index contributed by atoms with van der Waals surface area (Å²) >= 11 is 0. The highest BCUT2D eigenvalue weighted by molar-refractivity contribution is 6.15. The third-order valence-electron chi connectivity index (χ3n) is 9.42. The Morgan fingerprint density at radius 1 is 0.543 bits per heavy atom. The molecular formula is C40H28N6. The number of hydrogen-bond acceptors (Lipinski definition) is 5. The van der Waals surface area contributed by atoms with Gasteiger partial charge in [0.05, 0.1) is 28.1 Å². The van der Waals surface area contributed by atoms with Gasteiger partial charge in [0.1, 0.15) is 24.0 Å². The van der Waals surface area contributed by atoms with Crippen LogP contribution in [-0.2, 0) is 0 Å². The molecule has 3 aliphatic heterocycles. The SMILES string of the molecule is c1ccc2c(c1)N=C(c1ccc(-c3ccc(C4Nc5ccccc5-c5nc6ccccc6n54)cc3)cc1)N1c3ccccc3NC21. The van der Waals surface area contributed by atoms with Crippen molar-refractivity contribution < 1.29 is 0 Å². The predicted molar refractivity (Wildman–Crippen MR) is 187 cm³/mol. The second kappa shape index (κ2) is 9.68. The third-order valence-corrected chi connectivity index (χ3v) is 9.42. The van der Waals surface area contributed by atoms with Gasteiger partial charge in [-0.1, -0.05) is 103 Å². The molecule has 0 saturated heterocycles. The molecule has 0 radical (unpaired) electrons. The number of fused-ring (bicyclic) bond motifs is 10. The molecule has 6 nitrogen and oxygen atoms in total. The van der Waals surface area contributed by atoms with E-state index in [0.29, 0.717) is 0 Å². The van der Waals surface area contributed by atoms with Crippen LogP contribution in [0.1, 0.15) is 29.0 Å². The van der Waals surface area contributed by atoms with E-state index >= 15 is 0 Å². The maximum absolute atomic E-state index is 5.16. The van der Waals surface area contributed by atoms with Gasteiger partial charge in [-0.3, -0.25) is 9.47 Å². The number of benzene rings is 6. The van der Waals surface area contributed by atoms with E-state index in [0.717, 1.165) is 56.6 Å².